The van der Waals surface area contributed by atoms with Gasteiger partial charge in [0.1, 0.15) is 0 Å². The third-order valence-electron chi connectivity index (χ3n) is 3.41. The zero-order valence-corrected chi connectivity index (χ0v) is 12.7. The Morgan fingerprint density at radius 1 is 1.35 bits per heavy atom. The smallest absolute Gasteiger partial charge is 0.257 e. The van der Waals surface area contributed by atoms with Crippen LogP contribution in [0.5, 0.6) is 11.5 Å². The molecule has 1 aliphatic rings. The molecular weight excluding hydrogens is 326 g/mol. The number of alkyl halides is 1. The topological polar surface area (TPSA) is 70.0 Å². The highest BCUT2D eigenvalue weighted by molar-refractivity contribution is 9.09. The number of hydrogen-bond acceptors (Lipinski definition) is 4. The van der Waals surface area contributed by atoms with E-state index in [9.17, 15) is 15.0 Å². The number of likely N-dealkylation sites (tertiary alicyclic amines) is 1. The first-order valence-corrected chi connectivity index (χ1v) is 7.73. The van der Waals surface area contributed by atoms with E-state index in [1.54, 1.807) is 11.0 Å². The number of phenolic OH excluding ortho intramolecular Hbond substituents is 2. The summed E-state index contributed by atoms with van der Waals surface area (Å²) >= 11 is 3.32. The molecule has 1 fully saturated rings. The number of carbonyl (C=O) groups is 1. The highest BCUT2D eigenvalue weighted by Gasteiger charge is 2.26. The molecule has 110 valence electrons. The van der Waals surface area contributed by atoms with E-state index in [1.165, 1.54) is 12.1 Å². The molecule has 1 aromatic rings. The van der Waals surface area contributed by atoms with E-state index < -0.39 is 0 Å². The Balaban J connectivity index is 1.96. The number of ether oxygens (including phenoxy) is 1. The lowest BCUT2D eigenvalue weighted by Gasteiger charge is -2.32. The minimum Gasteiger partial charge on any atom is -0.504 e. The highest BCUT2D eigenvalue weighted by Crippen LogP contribution is 2.29. The minimum atomic E-state index is -0.352. The van der Waals surface area contributed by atoms with Crippen molar-refractivity contribution in [2.75, 3.05) is 25.0 Å². The molecule has 0 atom stereocenters. The molecular formula is C14H18BrNO4. The average Bonchev–Trinajstić information content (AvgIpc) is 2.48. The molecule has 2 rings (SSSR count). The van der Waals surface area contributed by atoms with E-state index in [4.69, 9.17) is 4.74 Å². The molecule has 1 amide bonds. The summed E-state index contributed by atoms with van der Waals surface area (Å²) in [5.74, 6) is -0.876. The molecule has 1 saturated heterocycles. The van der Waals surface area contributed by atoms with Crippen LogP contribution in [-0.2, 0) is 4.74 Å². The zero-order valence-electron chi connectivity index (χ0n) is 11.1. The standard InChI is InChI=1S/C14H18BrNO4/c15-6-9-20-10-4-7-16(8-5-10)14(19)11-2-1-3-12(17)13(11)18/h1-3,10,17-18H,4-9H2. The van der Waals surface area contributed by atoms with Crippen LogP contribution in [0, 0.1) is 0 Å². The summed E-state index contributed by atoms with van der Waals surface area (Å²) in [6.45, 7) is 1.87. The molecule has 0 radical (unpaired) electrons. The van der Waals surface area contributed by atoms with E-state index >= 15 is 0 Å². The van der Waals surface area contributed by atoms with Gasteiger partial charge in [-0.1, -0.05) is 22.0 Å². The number of carbonyl (C=O) groups excluding carboxylic acids is 1. The van der Waals surface area contributed by atoms with Gasteiger partial charge in [-0.05, 0) is 25.0 Å². The molecule has 0 saturated carbocycles. The Bertz CT molecular complexity index is 472. The lowest BCUT2D eigenvalue weighted by molar-refractivity contribution is 0.0159. The third kappa shape index (κ3) is 3.43. The molecule has 1 aliphatic heterocycles. The molecule has 0 unspecified atom stereocenters. The van der Waals surface area contributed by atoms with Crippen LogP contribution < -0.4 is 0 Å². The van der Waals surface area contributed by atoms with E-state index in [2.05, 4.69) is 15.9 Å². The Morgan fingerprint density at radius 3 is 2.70 bits per heavy atom. The van der Waals surface area contributed by atoms with Crippen molar-refractivity contribution in [1.29, 1.82) is 0 Å². The van der Waals surface area contributed by atoms with Crippen LogP contribution in [-0.4, -0.2) is 52.2 Å². The lowest BCUT2D eigenvalue weighted by Crippen LogP contribution is -2.41. The monoisotopic (exact) mass is 343 g/mol. The first-order valence-electron chi connectivity index (χ1n) is 6.61. The summed E-state index contributed by atoms with van der Waals surface area (Å²) in [5, 5.41) is 20.0. The van der Waals surface area contributed by atoms with Gasteiger partial charge in [-0.2, -0.15) is 0 Å². The molecule has 6 heteroatoms. The number of nitrogens with zero attached hydrogens (tertiary/aromatic N) is 1. The molecule has 0 aromatic heterocycles. The minimum absolute atomic E-state index is 0.143. The SMILES string of the molecule is O=C(c1cccc(O)c1O)N1CCC(OCCBr)CC1. The van der Waals surface area contributed by atoms with Gasteiger partial charge in [0.15, 0.2) is 11.5 Å². The molecule has 20 heavy (non-hydrogen) atoms. The van der Waals surface area contributed by atoms with Gasteiger partial charge in [0, 0.05) is 18.4 Å². The number of aromatic hydroxyl groups is 2. The van der Waals surface area contributed by atoms with Gasteiger partial charge in [-0.25, -0.2) is 0 Å². The van der Waals surface area contributed by atoms with Crippen molar-refractivity contribution in [2.45, 2.75) is 18.9 Å². The van der Waals surface area contributed by atoms with Crippen LogP contribution in [0.15, 0.2) is 18.2 Å². The van der Waals surface area contributed by atoms with Crippen molar-refractivity contribution in [1.82, 2.24) is 4.90 Å². The largest absolute Gasteiger partial charge is 0.504 e. The van der Waals surface area contributed by atoms with Gasteiger partial charge in [-0.15, -0.1) is 0 Å². The lowest BCUT2D eigenvalue weighted by atomic mass is 10.1. The summed E-state index contributed by atoms with van der Waals surface area (Å²) in [7, 11) is 0. The molecule has 5 nitrogen and oxygen atoms in total. The third-order valence-corrected chi connectivity index (χ3v) is 3.73. The summed E-state index contributed by atoms with van der Waals surface area (Å²) in [6.07, 6.45) is 1.77. The summed E-state index contributed by atoms with van der Waals surface area (Å²) < 4.78 is 5.63. The maximum absolute atomic E-state index is 12.3. The molecule has 0 aliphatic carbocycles. The van der Waals surface area contributed by atoms with Crippen LogP contribution in [0.1, 0.15) is 23.2 Å². The number of piperidine rings is 1. The van der Waals surface area contributed by atoms with Gasteiger partial charge in [0.05, 0.1) is 18.3 Å². The predicted octanol–water partition coefficient (Wildman–Crippen LogP) is 2.11. The van der Waals surface area contributed by atoms with Crippen LogP contribution in [0.3, 0.4) is 0 Å². The van der Waals surface area contributed by atoms with Crippen LogP contribution >= 0.6 is 15.9 Å². The summed E-state index contributed by atoms with van der Waals surface area (Å²) in [4.78, 5) is 14.0. The molecule has 0 spiro atoms. The quantitative estimate of drug-likeness (QED) is 0.648. The van der Waals surface area contributed by atoms with Crippen LogP contribution in [0.4, 0.5) is 0 Å². The van der Waals surface area contributed by atoms with E-state index in [0.717, 1.165) is 18.2 Å². The zero-order chi connectivity index (χ0) is 14.5. The van der Waals surface area contributed by atoms with E-state index in [-0.39, 0.29) is 29.1 Å². The number of amides is 1. The Hall–Kier alpha value is -1.27. The molecule has 1 heterocycles. The van der Waals surface area contributed by atoms with Gasteiger partial charge >= 0.3 is 0 Å². The maximum atomic E-state index is 12.3. The van der Waals surface area contributed by atoms with Gasteiger partial charge in [0.2, 0.25) is 0 Å². The summed E-state index contributed by atoms with van der Waals surface area (Å²) in [6, 6.07) is 4.42. The normalized spacial score (nSPS) is 16.4. The van der Waals surface area contributed by atoms with Crippen molar-refractivity contribution in [3.05, 3.63) is 23.8 Å². The number of phenols is 2. The number of para-hydroxylation sites is 1. The fraction of sp³-hybridized carbons (Fsp3) is 0.500. The number of hydrogen-bond donors (Lipinski definition) is 2. The number of halogens is 1. The van der Waals surface area contributed by atoms with Crippen LogP contribution in [0.2, 0.25) is 0 Å². The van der Waals surface area contributed by atoms with Crippen molar-refractivity contribution in [3.8, 4) is 11.5 Å². The number of benzene rings is 1. The van der Waals surface area contributed by atoms with Crippen LogP contribution in [0.25, 0.3) is 0 Å². The van der Waals surface area contributed by atoms with Gasteiger partial charge in [-0.3, -0.25) is 4.79 Å². The molecule has 1 aromatic carbocycles. The predicted molar refractivity (Wildman–Crippen MR) is 78.4 cm³/mol. The van der Waals surface area contributed by atoms with Gasteiger partial charge in [0.25, 0.3) is 5.91 Å². The maximum Gasteiger partial charge on any atom is 0.257 e. The first kappa shape index (κ1) is 15.1. The second-order valence-corrected chi connectivity index (χ2v) is 5.52. The fourth-order valence-electron chi connectivity index (χ4n) is 2.31. The number of rotatable bonds is 4. The first-order chi connectivity index (χ1) is 9.63. The summed E-state index contributed by atoms with van der Waals surface area (Å²) in [5.41, 5.74) is 0.143. The molecule has 2 N–H and O–H groups in total. The second kappa shape index (κ2) is 6.95. The van der Waals surface area contributed by atoms with E-state index in [1.807, 2.05) is 0 Å². The fourth-order valence-corrected chi connectivity index (χ4v) is 2.50. The Morgan fingerprint density at radius 2 is 2.05 bits per heavy atom. The van der Waals surface area contributed by atoms with Gasteiger partial charge < -0.3 is 19.8 Å². The van der Waals surface area contributed by atoms with Crippen molar-refractivity contribution < 1.29 is 19.7 Å². The highest BCUT2D eigenvalue weighted by atomic mass is 79.9. The average molecular weight is 344 g/mol. The van der Waals surface area contributed by atoms with E-state index in [0.29, 0.717) is 19.7 Å². The Kier molecular flexibility index (Phi) is 5.25. The van der Waals surface area contributed by atoms with Crippen molar-refractivity contribution in [2.24, 2.45) is 0 Å². The second-order valence-electron chi connectivity index (χ2n) is 4.72. The Labute approximate surface area is 126 Å². The van der Waals surface area contributed by atoms with Crippen molar-refractivity contribution in [3.63, 3.8) is 0 Å². The molecule has 0 bridgehead atoms. The van der Waals surface area contributed by atoms with Crippen molar-refractivity contribution >= 4 is 21.8 Å².